The molecular weight excluding hydrogens is 284 g/mol. The fraction of sp³-hybridized carbons (Fsp3) is 0.250. The summed E-state index contributed by atoms with van der Waals surface area (Å²) in [5, 5.41) is 3.48. The standard InChI is InChI=1S/C16H16N2O2S/c1-8-5-6-12-13(7-8)21-16(17-12)18-15(19)14-9(2)10(3)20-11(14)4/h5-7H,1-4H3,(H,17,18,19). The van der Waals surface area contributed by atoms with Crippen LogP contribution in [0.2, 0.25) is 0 Å². The fourth-order valence-corrected chi connectivity index (χ4v) is 3.33. The Bertz CT molecular complexity index is 845. The van der Waals surface area contributed by atoms with Gasteiger partial charge < -0.3 is 4.42 Å². The van der Waals surface area contributed by atoms with Crippen molar-refractivity contribution in [2.45, 2.75) is 27.7 Å². The second-order valence-electron chi connectivity index (χ2n) is 5.16. The first-order valence-corrected chi connectivity index (χ1v) is 7.52. The Morgan fingerprint density at radius 3 is 2.62 bits per heavy atom. The summed E-state index contributed by atoms with van der Waals surface area (Å²) in [5.41, 5.74) is 3.56. The average molecular weight is 300 g/mol. The second kappa shape index (κ2) is 5.00. The smallest absolute Gasteiger partial charge is 0.261 e. The van der Waals surface area contributed by atoms with Crippen molar-refractivity contribution in [3.8, 4) is 0 Å². The molecule has 1 N–H and O–H groups in total. The molecule has 4 nitrogen and oxygen atoms in total. The van der Waals surface area contributed by atoms with Gasteiger partial charge in [-0.15, -0.1) is 0 Å². The van der Waals surface area contributed by atoms with Crippen molar-refractivity contribution < 1.29 is 9.21 Å². The fourth-order valence-electron chi connectivity index (χ4n) is 2.37. The molecule has 1 aromatic carbocycles. The third-order valence-electron chi connectivity index (χ3n) is 3.55. The molecule has 3 aromatic rings. The summed E-state index contributed by atoms with van der Waals surface area (Å²) >= 11 is 1.48. The van der Waals surface area contributed by atoms with Crippen LogP contribution in [0.15, 0.2) is 22.6 Å². The van der Waals surface area contributed by atoms with E-state index < -0.39 is 0 Å². The van der Waals surface area contributed by atoms with Crippen LogP contribution in [0.25, 0.3) is 10.2 Å². The molecule has 3 rings (SSSR count). The molecule has 0 radical (unpaired) electrons. The minimum atomic E-state index is -0.169. The van der Waals surface area contributed by atoms with Gasteiger partial charge in [-0.05, 0) is 45.4 Å². The predicted octanol–water partition coefficient (Wildman–Crippen LogP) is 4.38. The number of anilines is 1. The zero-order chi connectivity index (χ0) is 15.1. The van der Waals surface area contributed by atoms with Crippen molar-refractivity contribution in [1.82, 2.24) is 4.98 Å². The van der Waals surface area contributed by atoms with Gasteiger partial charge in [-0.1, -0.05) is 17.4 Å². The van der Waals surface area contributed by atoms with E-state index >= 15 is 0 Å². The number of furan rings is 1. The van der Waals surface area contributed by atoms with Crippen LogP contribution in [0.3, 0.4) is 0 Å². The monoisotopic (exact) mass is 300 g/mol. The molecule has 1 amide bonds. The molecule has 0 saturated carbocycles. The highest BCUT2D eigenvalue weighted by atomic mass is 32.1. The van der Waals surface area contributed by atoms with E-state index in [1.807, 2.05) is 32.9 Å². The van der Waals surface area contributed by atoms with Crippen molar-refractivity contribution in [2.75, 3.05) is 5.32 Å². The lowest BCUT2D eigenvalue weighted by atomic mass is 10.1. The van der Waals surface area contributed by atoms with Gasteiger partial charge in [-0.25, -0.2) is 4.98 Å². The first-order valence-electron chi connectivity index (χ1n) is 6.71. The van der Waals surface area contributed by atoms with E-state index in [9.17, 15) is 4.79 Å². The van der Waals surface area contributed by atoms with E-state index in [-0.39, 0.29) is 5.91 Å². The van der Waals surface area contributed by atoms with Crippen LogP contribution < -0.4 is 5.32 Å². The van der Waals surface area contributed by atoms with E-state index in [1.165, 1.54) is 16.9 Å². The molecule has 0 saturated heterocycles. The minimum absolute atomic E-state index is 0.169. The Hall–Kier alpha value is -2.14. The molecular formula is C16H16N2O2S. The Morgan fingerprint density at radius 1 is 1.19 bits per heavy atom. The summed E-state index contributed by atoms with van der Waals surface area (Å²) in [6.07, 6.45) is 0. The average Bonchev–Trinajstić information content (AvgIpc) is 2.90. The van der Waals surface area contributed by atoms with Crippen LogP contribution in [0, 0.1) is 27.7 Å². The molecule has 0 aliphatic heterocycles. The molecule has 21 heavy (non-hydrogen) atoms. The summed E-state index contributed by atoms with van der Waals surface area (Å²) in [4.78, 5) is 16.8. The van der Waals surface area contributed by atoms with Crippen molar-refractivity contribution in [3.05, 3.63) is 46.4 Å². The third kappa shape index (κ3) is 2.45. The van der Waals surface area contributed by atoms with Crippen molar-refractivity contribution >= 4 is 32.6 Å². The van der Waals surface area contributed by atoms with Gasteiger partial charge in [0.05, 0.1) is 15.8 Å². The number of rotatable bonds is 2. The van der Waals surface area contributed by atoms with Crippen LogP contribution in [0.4, 0.5) is 5.13 Å². The molecule has 2 heterocycles. The molecule has 0 bridgehead atoms. The van der Waals surface area contributed by atoms with Crippen molar-refractivity contribution in [2.24, 2.45) is 0 Å². The quantitative estimate of drug-likeness (QED) is 0.764. The number of carbonyl (C=O) groups excluding carboxylic acids is 1. The summed E-state index contributed by atoms with van der Waals surface area (Å²) in [7, 11) is 0. The van der Waals surface area contributed by atoms with Gasteiger partial charge in [0, 0.05) is 5.56 Å². The molecule has 108 valence electrons. The molecule has 0 atom stereocenters. The van der Waals surface area contributed by atoms with Crippen LogP contribution in [-0.4, -0.2) is 10.9 Å². The highest BCUT2D eigenvalue weighted by molar-refractivity contribution is 7.22. The van der Waals surface area contributed by atoms with E-state index in [4.69, 9.17) is 4.42 Å². The third-order valence-corrected chi connectivity index (χ3v) is 4.49. The Morgan fingerprint density at radius 2 is 1.95 bits per heavy atom. The maximum absolute atomic E-state index is 12.4. The number of aromatic nitrogens is 1. The number of hydrogen-bond acceptors (Lipinski definition) is 4. The summed E-state index contributed by atoms with van der Waals surface area (Å²) in [6, 6.07) is 6.05. The maximum atomic E-state index is 12.4. The maximum Gasteiger partial charge on any atom is 0.261 e. The van der Waals surface area contributed by atoms with Gasteiger partial charge in [0.15, 0.2) is 5.13 Å². The number of hydrogen-bond donors (Lipinski definition) is 1. The molecule has 5 heteroatoms. The molecule has 0 aliphatic rings. The van der Waals surface area contributed by atoms with Crippen LogP contribution in [0.1, 0.15) is 33.0 Å². The lowest BCUT2D eigenvalue weighted by Crippen LogP contribution is -2.13. The zero-order valence-electron chi connectivity index (χ0n) is 12.4. The molecule has 0 fully saturated rings. The number of nitrogens with zero attached hydrogens (tertiary/aromatic N) is 1. The predicted molar refractivity (Wildman–Crippen MR) is 85.2 cm³/mol. The highest BCUT2D eigenvalue weighted by Crippen LogP contribution is 2.28. The van der Waals surface area contributed by atoms with Crippen LogP contribution in [0.5, 0.6) is 0 Å². The first-order chi connectivity index (χ1) is 9.95. The van der Waals surface area contributed by atoms with Gasteiger partial charge in [-0.3, -0.25) is 10.1 Å². The van der Waals surface area contributed by atoms with Crippen LogP contribution in [-0.2, 0) is 0 Å². The number of thiazole rings is 1. The van der Waals surface area contributed by atoms with Gasteiger partial charge >= 0.3 is 0 Å². The van der Waals surface area contributed by atoms with Gasteiger partial charge in [-0.2, -0.15) is 0 Å². The van der Waals surface area contributed by atoms with E-state index in [2.05, 4.69) is 16.4 Å². The Labute approximate surface area is 126 Å². The number of aryl methyl sites for hydroxylation is 3. The van der Waals surface area contributed by atoms with Gasteiger partial charge in [0.1, 0.15) is 11.5 Å². The topological polar surface area (TPSA) is 55.1 Å². The van der Waals surface area contributed by atoms with Gasteiger partial charge in [0.25, 0.3) is 5.91 Å². The number of benzene rings is 1. The summed E-state index contributed by atoms with van der Waals surface area (Å²) in [5.74, 6) is 1.25. The molecule has 2 aromatic heterocycles. The number of amides is 1. The van der Waals surface area contributed by atoms with Crippen LogP contribution >= 0.6 is 11.3 Å². The van der Waals surface area contributed by atoms with Crippen molar-refractivity contribution in [1.29, 1.82) is 0 Å². The van der Waals surface area contributed by atoms with Gasteiger partial charge in [0.2, 0.25) is 0 Å². The number of fused-ring (bicyclic) bond motifs is 1. The minimum Gasteiger partial charge on any atom is -0.466 e. The molecule has 0 aliphatic carbocycles. The Balaban J connectivity index is 1.92. The number of nitrogens with one attached hydrogen (secondary N) is 1. The lowest BCUT2D eigenvalue weighted by Gasteiger charge is -2.01. The van der Waals surface area contributed by atoms with E-state index in [1.54, 1.807) is 6.92 Å². The first kappa shape index (κ1) is 13.8. The zero-order valence-corrected chi connectivity index (χ0v) is 13.2. The Kier molecular flexibility index (Phi) is 3.29. The van der Waals surface area contributed by atoms with Crippen molar-refractivity contribution in [3.63, 3.8) is 0 Å². The SMILES string of the molecule is Cc1ccc2nc(NC(=O)c3c(C)oc(C)c3C)sc2c1. The number of carbonyl (C=O) groups is 1. The highest BCUT2D eigenvalue weighted by Gasteiger charge is 2.19. The lowest BCUT2D eigenvalue weighted by molar-refractivity contribution is 0.102. The van der Waals surface area contributed by atoms with E-state index in [0.29, 0.717) is 16.5 Å². The molecule has 0 unspecified atom stereocenters. The summed E-state index contributed by atoms with van der Waals surface area (Å²) in [6.45, 7) is 7.59. The largest absolute Gasteiger partial charge is 0.466 e. The molecule has 0 spiro atoms. The second-order valence-corrected chi connectivity index (χ2v) is 6.19. The van der Waals surface area contributed by atoms with E-state index in [0.717, 1.165) is 21.5 Å². The summed E-state index contributed by atoms with van der Waals surface area (Å²) < 4.78 is 6.57. The normalized spacial score (nSPS) is 11.0.